The Kier molecular flexibility index (Phi) is 8.89. The molecule has 12 aromatic carbocycles. The second kappa shape index (κ2) is 15.5. The van der Waals surface area contributed by atoms with Crippen molar-refractivity contribution in [1.29, 1.82) is 0 Å². The van der Waals surface area contributed by atoms with Crippen LogP contribution in [0.15, 0.2) is 255 Å². The molecule has 0 fully saturated rings. The number of hydrogen-bond acceptors (Lipinski definition) is 1. The van der Waals surface area contributed by atoms with Crippen LogP contribution in [0.5, 0.6) is 0 Å². The minimum atomic E-state index is 1.09. The van der Waals surface area contributed by atoms with Crippen molar-refractivity contribution in [3.8, 4) is 39.1 Å². The predicted octanol–water partition coefficient (Wildman–Crippen LogP) is 17.9. The SMILES string of the molecule is c1ccc(-c2c(-c3ccc(N(c4ccc(-c5ccc6c(c5)c5ccccc5n6-c5ccccc5)cc4)c4cc5ccccc5c5ccccc45)cc3)c3ccccc3c3ccccc23)cc1. The molecule has 13 rings (SSSR count). The zero-order chi connectivity index (χ0) is 43.6. The van der Waals surface area contributed by atoms with Crippen LogP contribution in [0.2, 0.25) is 0 Å². The van der Waals surface area contributed by atoms with Crippen molar-refractivity contribution in [2.75, 3.05) is 4.90 Å². The largest absolute Gasteiger partial charge is 0.310 e. The molecule has 0 spiro atoms. The molecule has 1 aromatic heterocycles. The molecule has 0 atom stereocenters. The van der Waals surface area contributed by atoms with Crippen LogP contribution in [0.1, 0.15) is 0 Å². The first-order valence-corrected chi connectivity index (χ1v) is 22.8. The van der Waals surface area contributed by atoms with E-state index in [4.69, 9.17) is 0 Å². The Morgan fingerprint density at radius 3 is 1.33 bits per heavy atom. The van der Waals surface area contributed by atoms with Gasteiger partial charge in [0.2, 0.25) is 0 Å². The Labute approximate surface area is 383 Å². The van der Waals surface area contributed by atoms with Crippen molar-refractivity contribution >= 4 is 82.0 Å². The fourth-order valence-corrected chi connectivity index (χ4v) is 10.6. The highest BCUT2D eigenvalue weighted by Gasteiger charge is 2.21. The van der Waals surface area contributed by atoms with Gasteiger partial charge in [0.05, 0.1) is 16.7 Å². The van der Waals surface area contributed by atoms with Gasteiger partial charge in [0.1, 0.15) is 0 Å². The molecule has 1 heterocycles. The van der Waals surface area contributed by atoms with Crippen molar-refractivity contribution in [3.63, 3.8) is 0 Å². The van der Waals surface area contributed by atoms with Crippen LogP contribution in [0.25, 0.3) is 104 Å². The Hall–Kier alpha value is -8.72. The van der Waals surface area contributed by atoms with E-state index in [1.54, 1.807) is 0 Å². The average molecular weight is 839 g/mol. The molecule has 0 bridgehead atoms. The normalized spacial score (nSPS) is 11.6. The Bertz CT molecular complexity index is 3960. The number of para-hydroxylation sites is 2. The van der Waals surface area contributed by atoms with Crippen molar-refractivity contribution in [3.05, 3.63) is 255 Å². The van der Waals surface area contributed by atoms with E-state index < -0.39 is 0 Å². The summed E-state index contributed by atoms with van der Waals surface area (Å²) in [5, 5.41) is 12.4. The van der Waals surface area contributed by atoms with E-state index in [0.29, 0.717) is 0 Å². The number of fused-ring (bicyclic) bond motifs is 9. The second-order valence-electron chi connectivity index (χ2n) is 17.2. The lowest BCUT2D eigenvalue weighted by molar-refractivity contribution is 1.18. The third kappa shape index (κ3) is 6.11. The maximum atomic E-state index is 2.44. The fourth-order valence-electron chi connectivity index (χ4n) is 10.6. The molecule has 0 saturated heterocycles. The molecule has 0 aliphatic carbocycles. The lowest BCUT2D eigenvalue weighted by atomic mass is 9.85. The zero-order valence-corrected chi connectivity index (χ0v) is 36.1. The minimum Gasteiger partial charge on any atom is -0.310 e. The van der Waals surface area contributed by atoms with Crippen LogP contribution >= 0.6 is 0 Å². The summed E-state index contributed by atoms with van der Waals surface area (Å²) in [7, 11) is 0. The summed E-state index contributed by atoms with van der Waals surface area (Å²) in [6.07, 6.45) is 0. The number of anilines is 3. The Morgan fingerprint density at radius 2 is 0.697 bits per heavy atom. The van der Waals surface area contributed by atoms with Gasteiger partial charge < -0.3 is 9.47 Å². The van der Waals surface area contributed by atoms with Gasteiger partial charge in [-0.05, 0) is 132 Å². The lowest BCUT2D eigenvalue weighted by Gasteiger charge is -2.28. The van der Waals surface area contributed by atoms with Gasteiger partial charge >= 0.3 is 0 Å². The lowest BCUT2D eigenvalue weighted by Crippen LogP contribution is -2.10. The summed E-state index contributed by atoms with van der Waals surface area (Å²) >= 11 is 0. The predicted molar refractivity (Wildman–Crippen MR) is 282 cm³/mol. The molecule has 0 unspecified atom stereocenters. The van der Waals surface area contributed by atoms with Crippen LogP contribution in [-0.4, -0.2) is 4.57 Å². The van der Waals surface area contributed by atoms with Gasteiger partial charge in [0.15, 0.2) is 0 Å². The van der Waals surface area contributed by atoms with E-state index in [1.807, 2.05) is 0 Å². The molecular weight excluding hydrogens is 797 g/mol. The quantitative estimate of drug-likeness (QED) is 0.145. The first-order valence-electron chi connectivity index (χ1n) is 22.8. The highest BCUT2D eigenvalue weighted by Crippen LogP contribution is 2.47. The van der Waals surface area contributed by atoms with E-state index in [2.05, 4.69) is 264 Å². The third-order valence-corrected chi connectivity index (χ3v) is 13.5. The van der Waals surface area contributed by atoms with Gasteiger partial charge in [-0.25, -0.2) is 0 Å². The molecule has 0 amide bonds. The third-order valence-electron chi connectivity index (χ3n) is 13.5. The van der Waals surface area contributed by atoms with Crippen molar-refractivity contribution < 1.29 is 0 Å². The van der Waals surface area contributed by atoms with Gasteiger partial charge in [0.25, 0.3) is 0 Å². The van der Waals surface area contributed by atoms with Gasteiger partial charge in [-0.2, -0.15) is 0 Å². The summed E-state index contributed by atoms with van der Waals surface area (Å²) in [6.45, 7) is 0. The van der Waals surface area contributed by atoms with Crippen molar-refractivity contribution in [2.24, 2.45) is 0 Å². The molecule has 2 nitrogen and oxygen atoms in total. The number of hydrogen-bond donors (Lipinski definition) is 0. The molecule has 2 heteroatoms. The van der Waals surface area contributed by atoms with Gasteiger partial charge in [-0.15, -0.1) is 0 Å². The van der Waals surface area contributed by atoms with Crippen molar-refractivity contribution in [1.82, 2.24) is 4.57 Å². The van der Waals surface area contributed by atoms with Crippen LogP contribution in [0.3, 0.4) is 0 Å². The summed E-state index contributed by atoms with van der Waals surface area (Å²) in [5.74, 6) is 0. The molecule has 308 valence electrons. The molecule has 0 aliphatic rings. The molecule has 0 saturated carbocycles. The maximum absolute atomic E-state index is 2.44. The Morgan fingerprint density at radius 1 is 0.258 bits per heavy atom. The summed E-state index contributed by atoms with van der Waals surface area (Å²) in [6, 6.07) is 93.3. The van der Waals surface area contributed by atoms with E-state index in [-0.39, 0.29) is 0 Å². The first kappa shape index (κ1) is 37.8. The van der Waals surface area contributed by atoms with Crippen LogP contribution in [0, 0.1) is 0 Å². The highest BCUT2D eigenvalue weighted by atomic mass is 15.1. The van der Waals surface area contributed by atoms with Crippen LogP contribution in [-0.2, 0) is 0 Å². The maximum Gasteiger partial charge on any atom is 0.0546 e. The number of benzene rings is 12. The van der Waals surface area contributed by atoms with Gasteiger partial charge in [-0.3, -0.25) is 0 Å². The number of rotatable bonds is 7. The van der Waals surface area contributed by atoms with Crippen LogP contribution in [0.4, 0.5) is 17.1 Å². The summed E-state index contributed by atoms with van der Waals surface area (Å²) in [5.41, 5.74) is 14.2. The molecule has 0 aliphatic heterocycles. The minimum absolute atomic E-state index is 1.09. The molecule has 13 aromatic rings. The molecule has 66 heavy (non-hydrogen) atoms. The van der Waals surface area contributed by atoms with E-state index in [0.717, 1.165) is 22.7 Å². The summed E-state index contributed by atoms with van der Waals surface area (Å²) < 4.78 is 2.37. The number of nitrogens with zero attached hydrogens (tertiary/aromatic N) is 2. The smallest absolute Gasteiger partial charge is 0.0546 e. The Balaban J connectivity index is 0.977. The van der Waals surface area contributed by atoms with Gasteiger partial charge in [-0.1, -0.05) is 194 Å². The monoisotopic (exact) mass is 838 g/mol. The molecular formula is C64H42N2. The highest BCUT2D eigenvalue weighted by molar-refractivity contribution is 6.22. The van der Waals surface area contributed by atoms with E-state index >= 15 is 0 Å². The molecule has 0 N–H and O–H groups in total. The second-order valence-corrected chi connectivity index (χ2v) is 17.2. The topological polar surface area (TPSA) is 8.17 Å². The fraction of sp³-hybridized carbons (Fsp3) is 0. The molecule has 0 radical (unpaired) electrons. The van der Waals surface area contributed by atoms with E-state index in [1.165, 1.54) is 98.3 Å². The summed E-state index contributed by atoms with van der Waals surface area (Å²) in [4.78, 5) is 2.44. The first-order chi connectivity index (χ1) is 32.8. The van der Waals surface area contributed by atoms with E-state index in [9.17, 15) is 0 Å². The number of aromatic nitrogens is 1. The average Bonchev–Trinajstić information content (AvgIpc) is 3.73. The zero-order valence-electron chi connectivity index (χ0n) is 36.1. The van der Waals surface area contributed by atoms with Gasteiger partial charge in [0, 0.05) is 33.2 Å². The van der Waals surface area contributed by atoms with Crippen molar-refractivity contribution in [2.45, 2.75) is 0 Å². The standard InChI is InChI=1S/C64H42N2/c1-3-17-44(18-4-1)63-57-28-13-10-24-53(57)54-25-11-14-29-58(54)64(63)45-33-38-50(39-34-45)65(62-42-47-19-7-8-22-51(47)52-23-9-12-26-55(52)62)49-36-31-43(32-37-49)46-35-40-61-59(41-46)56-27-15-16-30-60(56)66(61)48-20-5-2-6-21-48/h1-42H. The van der Waals surface area contributed by atoms with Crippen LogP contribution < -0.4 is 4.90 Å².